The Balaban J connectivity index is 1.26. The third kappa shape index (κ3) is 2.84. The number of rotatable bonds is 2. The second kappa shape index (κ2) is 7.31. The molecule has 0 aromatic heterocycles. The second-order valence-corrected chi connectivity index (χ2v) is 11.0. The summed E-state index contributed by atoms with van der Waals surface area (Å²) in [6, 6.07) is 45.2. The van der Waals surface area contributed by atoms with Gasteiger partial charge in [-0.1, -0.05) is 111 Å². The highest BCUT2D eigenvalue weighted by atomic mass is 14.4. The minimum atomic E-state index is 0.00709. The Labute approximate surface area is 217 Å². The molecule has 8 rings (SSSR count). The molecule has 6 aromatic carbocycles. The first-order valence-electron chi connectivity index (χ1n) is 13.1. The van der Waals surface area contributed by atoms with Gasteiger partial charge in [0.25, 0.3) is 0 Å². The molecule has 0 radical (unpaired) electrons. The molecule has 0 saturated heterocycles. The van der Waals surface area contributed by atoms with Gasteiger partial charge in [-0.3, -0.25) is 0 Å². The normalized spacial score (nSPS) is 13.9. The third-order valence-electron chi connectivity index (χ3n) is 8.60. The summed E-state index contributed by atoms with van der Waals surface area (Å²) in [4.78, 5) is 0. The first-order valence-corrected chi connectivity index (χ1v) is 13.1. The van der Waals surface area contributed by atoms with Crippen molar-refractivity contribution in [3.8, 4) is 55.6 Å². The Hall–Kier alpha value is -4.42. The van der Waals surface area contributed by atoms with Crippen LogP contribution in [0.15, 0.2) is 121 Å². The Morgan fingerprint density at radius 2 is 1.00 bits per heavy atom. The molecule has 0 saturated carbocycles. The quantitative estimate of drug-likeness (QED) is 0.236. The van der Waals surface area contributed by atoms with E-state index in [0.717, 1.165) is 0 Å². The van der Waals surface area contributed by atoms with Crippen molar-refractivity contribution in [1.29, 1.82) is 0 Å². The van der Waals surface area contributed by atoms with Crippen LogP contribution in [-0.4, -0.2) is 0 Å². The molecule has 2 aliphatic rings. The van der Waals surface area contributed by atoms with Gasteiger partial charge in [0.15, 0.2) is 0 Å². The van der Waals surface area contributed by atoms with Gasteiger partial charge >= 0.3 is 0 Å². The van der Waals surface area contributed by atoms with Crippen LogP contribution in [0, 0.1) is 0 Å². The van der Waals surface area contributed by atoms with E-state index in [1.165, 1.54) is 77.5 Å². The van der Waals surface area contributed by atoms with Crippen LogP contribution < -0.4 is 0 Å². The monoisotopic (exact) mass is 470 g/mol. The Morgan fingerprint density at radius 1 is 0.378 bits per heavy atom. The van der Waals surface area contributed by atoms with Crippen LogP contribution in [0.4, 0.5) is 0 Å². The largest absolute Gasteiger partial charge is 0.0619 e. The van der Waals surface area contributed by atoms with Crippen molar-refractivity contribution < 1.29 is 0 Å². The summed E-state index contributed by atoms with van der Waals surface area (Å²) in [5.74, 6) is 0. The molecule has 0 heteroatoms. The van der Waals surface area contributed by atoms with E-state index < -0.39 is 0 Å². The van der Waals surface area contributed by atoms with Crippen molar-refractivity contribution in [3.05, 3.63) is 132 Å². The highest BCUT2D eigenvalue weighted by molar-refractivity contribution is 6.16. The van der Waals surface area contributed by atoms with Gasteiger partial charge in [0.1, 0.15) is 0 Å². The highest BCUT2D eigenvalue weighted by Gasteiger charge is 2.35. The average Bonchev–Trinajstić information content (AvgIpc) is 3.39. The number of hydrogen-bond acceptors (Lipinski definition) is 0. The van der Waals surface area contributed by atoms with Crippen LogP contribution >= 0.6 is 0 Å². The molecule has 0 amide bonds. The van der Waals surface area contributed by atoms with Gasteiger partial charge in [-0.2, -0.15) is 0 Å². The van der Waals surface area contributed by atoms with Gasteiger partial charge in [-0.15, -0.1) is 0 Å². The maximum absolute atomic E-state index is 2.41. The molecule has 0 atom stereocenters. The summed E-state index contributed by atoms with van der Waals surface area (Å²) < 4.78 is 0. The van der Waals surface area contributed by atoms with Crippen molar-refractivity contribution in [2.45, 2.75) is 19.3 Å². The van der Waals surface area contributed by atoms with Crippen molar-refractivity contribution in [3.63, 3.8) is 0 Å². The minimum Gasteiger partial charge on any atom is -0.0619 e. The van der Waals surface area contributed by atoms with E-state index in [-0.39, 0.29) is 5.41 Å². The zero-order valence-electron chi connectivity index (χ0n) is 21.0. The van der Waals surface area contributed by atoms with E-state index in [0.29, 0.717) is 0 Å². The van der Waals surface area contributed by atoms with Crippen molar-refractivity contribution >= 4 is 10.8 Å². The fourth-order valence-corrected chi connectivity index (χ4v) is 6.75. The standard InChI is InChI=1S/C37H26/c1-37(2)34-16-6-5-14-30(34)31-18-17-25(22-35(31)37)23-9-7-10-24(19-23)27-20-26-11-8-15-32-28-12-3-4-13-29(28)33(21-27)36(26)32/h3-22H,1-2H3. The van der Waals surface area contributed by atoms with Crippen LogP contribution in [0.1, 0.15) is 25.0 Å². The molecular formula is C37H26. The van der Waals surface area contributed by atoms with E-state index in [1.54, 1.807) is 0 Å². The summed E-state index contributed by atoms with van der Waals surface area (Å²) in [6.45, 7) is 4.70. The zero-order valence-corrected chi connectivity index (χ0v) is 21.0. The summed E-state index contributed by atoms with van der Waals surface area (Å²) in [7, 11) is 0. The number of benzene rings is 6. The van der Waals surface area contributed by atoms with E-state index in [9.17, 15) is 0 Å². The molecule has 0 bridgehead atoms. The lowest BCUT2D eigenvalue weighted by Crippen LogP contribution is -2.14. The SMILES string of the molecule is CC1(C)c2ccccc2-c2ccc(-c3cccc(-c4cc5c6c(cccc6c4)-c4ccccc4-5)c3)cc21. The maximum atomic E-state index is 2.41. The van der Waals surface area contributed by atoms with Crippen molar-refractivity contribution in [1.82, 2.24) is 0 Å². The average molecular weight is 471 g/mol. The molecule has 37 heavy (non-hydrogen) atoms. The lowest BCUT2D eigenvalue weighted by atomic mass is 9.81. The molecule has 0 aliphatic heterocycles. The smallest absolute Gasteiger partial charge is 0.0159 e. The lowest BCUT2D eigenvalue weighted by molar-refractivity contribution is 0.660. The predicted molar refractivity (Wildman–Crippen MR) is 157 cm³/mol. The predicted octanol–water partition coefficient (Wildman–Crippen LogP) is 10.1. The summed E-state index contributed by atoms with van der Waals surface area (Å²) in [6.07, 6.45) is 0. The van der Waals surface area contributed by atoms with Crippen LogP contribution in [0.25, 0.3) is 66.4 Å². The highest BCUT2D eigenvalue weighted by Crippen LogP contribution is 2.50. The Bertz CT molecular complexity index is 1900. The van der Waals surface area contributed by atoms with Crippen molar-refractivity contribution in [2.75, 3.05) is 0 Å². The topological polar surface area (TPSA) is 0 Å². The van der Waals surface area contributed by atoms with Crippen LogP contribution in [0.5, 0.6) is 0 Å². The van der Waals surface area contributed by atoms with Gasteiger partial charge in [0, 0.05) is 5.41 Å². The minimum absolute atomic E-state index is 0.00709. The Kier molecular flexibility index (Phi) is 4.10. The van der Waals surface area contributed by atoms with Crippen LogP contribution in [0.2, 0.25) is 0 Å². The zero-order chi connectivity index (χ0) is 24.7. The van der Waals surface area contributed by atoms with Gasteiger partial charge in [0.05, 0.1) is 0 Å². The maximum Gasteiger partial charge on any atom is 0.0159 e. The first kappa shape index (κ1) is 20.7. The molecule has 0 fully saturated rings. The van der Waals surface area contributed by atoms with Gasteiger partial charge in [-0.25, -0.2) is 0 Å². The van der Waals surface area contributed by atoms with E-state index >= 15 is 0 Å². The third-order valence-corrected chi connectivity index (χ3v) is 8.60. The molecule has 2 aliphatic carbocycles. The summed E-state index contributed by atoms with van der Waals surface area (Å²) in [5.41, 5.74) is 16.0. The number of hydrogen-bond donors (Lipinski definition) is 0. The molecule has 0 spiro atoms. The molecule has 174 valence electrons. The molecule has 0 unspecified atom stereocenters. The first-order chi connectivity index (χ1) is 18.1. The van der Waals surface area contributed by atoms with E-state index in [1.807, 2.05) is 0 Å². The molecule has 0 heterocycles. The van der Waals surface area contributed by atoms with Gasteiger partial charge in [-0.05, 0) is 102 Å². The molecule has 0 nitrogen and oxygen atoms in total. The van der Waals surface area contributed by atoms with Gasteiger partial charge < -0.3 is 0 Å². The van der Waals surface area contributed by atoms with Crippen molar-refractivity contribution in [2.24, 2.45) is 0 Å². The Morgan fingerprint density at radius 3 is 1.84 bits per heavy atom. The van der Waals surface area contributed by atoms with E-state index in [2.05, 4.69) is 135 Å². The van der Waals surface area contributed by atoms with Crippen LogP contribution in [-0.2, 0) is 5.41 Å². The fourth-order valence-electron chi connectivity index (χ4n) is 6.75. The lowest BCUT2D eigenvalue weighted by Gasteiger charge is -2.22. The van der Waals surface area contributed by atoms with E-state index in [4.69, 9.17) is 0 Å². The molecule has 6 aromatic rings. The summed E-state index contributed by atoms with van der Waals surface area (Å²) >= 11 is 0. The second-order valence-electron chi connectivity index (χ2n) is 11.0. The van der Waals surface area contributed by atoms with Gasteiger partial charge in [0.2, 0.25) is 0 Å². The molecular weight excluding hydrogens is 444 g/mol. The summed E-state index contributed by atoms with van der Waals surface area (Å²) in [5, 5.41) is 2.69. The molecule has 0 N–H and O–H groups in total. The van der Waals surface area contributed by atoms with Crippen LogP contribution in [0.3, 0.4) is 0 Å². The fraction of sp³-hybridized carbons (Fsp3) is 0.0811. The number of fused-ring (bicyclic) bond motifs is 6.